The van der Waals surface area contributed by atoms with E-state index in [9.17, 15) is 14.0 Å². The van der Waals surface area contributed by atoms with Gasteiger partial charge in [-0.3, -0.25) is 9.59 Å². The Morgan fingerprint density at radius 3 is 2.32 bits per heavy atom. The number of hydrogen-bond acceptors (Lipinski definition) is 2. The fraction of sp³-hybridized carbons (Fsp3) is 0.231. The van der Waals surface area contributed by atoms with Crippen LogP contribution in [0.15, 0.2) is 72.8 Å². The van der Waals surface area contributed by atoms with Crippen LogP contribution in [0.2, 0.25) is 0 Å². The van der Waals surface area contributed by atoms with Crippen LogP contribution in [0, 0.1) is 11.7 Å². The lowest BCUT2D eigenvalue weighted by Crippen LogP contribution is -2.46. The second kappa shape index (κ2) is 7.99. The maximum Gasteiger partial charge on any atom is 0.225 e. The Labute approximate surface area is 180 Å². The Kier molecular flexibility index (Phi) is 5.02. The zero-order valence-corrected chi connectivity index (χ0v) is 17.1. The minimum Gasteiger partial charge on any atom is -0.345 e. The Hall–Kier alpha value is -3.47. The smallest absolute Gasteiger partial charge is 0.225 e. The van der Waals surface area contributed by atoms with Crippen molar-refractivity contribution in [2.45, 2.75) is 25.4 Å². The molecule has 1 unspecified atom stereocenters. The topological polar surface area (TPSA) is 49.4 Å². The number of amides is 2. The number of halogens is 1. The van der Waals surface area contributed by atoms with Gasteiger partial charge in [-0.1, -0.05) is 60.7 Å². The van der Waals surface area contributed by atoms with Gasteiger partial charge in [0.1, 0.15) is 5.82 Å². The molecule has 5 heteroatoms. The predicted molar refractivity (Wildman–Crippen MR) is 116 cm³/mol. The van der Waals surface area contributed by atoms with Crippen LogP contribution in [-0.2, 0) is 16.1 Å². The van der Waals surface area contributed by atoms with Crippen molar-refractivity contribution in [2.75, 3.05) is 6.54 Å². The second-order valence-electron chi connectivity index (χ2n) is 8.26. The van der Waals surface area contributed by atoms with Gasteiger partial charge in [0.05, 0.1) is 12.0 Å². The van der Waals surface area contributed by atoms with Gasteiger partial charge < -0.3 is 10.2 Å². The van der Waals surface area contributed by atoms with Crippen molar-refractivity contribution in [3.05, 3.63) is 95.3 Å². The molecule has 31 heavy (non-hydrogen) atoms. The molecule has 2 amide bonds. The molecule has 3 aromatic rings. The van der Waals surface area contributed by atoms with E-state index in [1.54, 1.807) is 17.0 Å². The van der Waals surface area contributed by atoms with Crippen LogP contribution in [0.5, 0.6) is 0 Å². The van der Waals surface area contributed by atoms with Crippen molar-refractivity contribution >= 4 is 11.8 Å². The summed E-state index contributed by atoms with van der Waals surface area (Å²) < 4.78 is 13.5. The Balaban J connectivity index is 1.33. The molecule has 4 nitrogen and oxygen atoms in total. The number of likely N-dealkylation sites (tertiary alicyclic amines) is 1. The van der Waals surface area contributed by atoms with E-state index >= 15 is 0 Å². The van der Waals surface area contributed by atoms with Gasteiger partial charge in [0.15, 0.2) is 0 Å². The van der Waals surface area contributed by atoms with E-state index < -0.39 is 0 Å². The summed E-state index contributed by atoms with van der Waals surface area (Å²) in [4.78, 5) is 27.3. The monoisotopic (exact) mass is 414 g/mol. The molecule has 0 spiro atoms. The fourth-order valence-corrected chi connectivity index (χ4v) is 4.71. The maximum atomic E-state index is 13.5. The Morgan fingerprint density at radius 2 is 1.65 bits per heavy atom. The maximum absolute atomic E-state index is 13.5. The van der Waals surface area contributed by atoms with Crippen LogP contribution in [-0.4, -0.2) is 23.3 Å². The molecule has 0 saturated carbocycles. The van der Waals surface area contributed by atoms with Crippen LogP contribution >= 0.6 is 0 Å². The molecule has 1 N–H and O–H groups in total. The first-order valence-electron chi connectivity index (χ1n) is 10.6. The molecule has 0 bridgehead atoms. The summed E-state index contributed by atoms with van der Waals surface area (Å²) in [7, 11) is 0. The van der Waals surface area contributed by atoms with Gasteiger partial charge in [-0.2, -0.15) is 0 Å². The van der Waals surface area contributed by atoms with E-state index in [2.05, 4.69) is 29.6 Å². The molecule has 156 valence electrons. The first-order valence-corrected chi connectivity index (χ1v) is 10.6. The van der Waals surface area contributed by atoms with Crippen molar-refractivity contribution in [2.24, 2.45) is 5.92 Å². The van der Waals surface area contributed by atoms with Crippen LogP contribution in [0.1, 0.15) is 35.6 Å². The summed E-state index contributed by atoms with van der Waals surface area (Å²) >= 11 is 0. The number of nitrogens with zero attached hydrogens (tertiary/aromatic N) is 1. The summed E-state index contributed by atoms with van der Waals surface area (Å²) in [5, 5.41) is 3.23. The number of fused-ring (bicyclic) bond motifs is 3. The Morgan fingerprint density at radius 1 is 0.968 bits per heavy atom. The van der Waals surface area contributed by atoms with Gasteiger partial charge in [0, 0.05) is 19.5 Å². The molecule has 5 rings (SSSR count). The minimum absolute atomic E-state index is 0.00451. The SMILES string of the molecule is O=C(NC1c2ccccc2-c2ccccc21)C1CCC(=O)N(Cc2cccc(F)c2)C1. The van der Waals surface area contributed by atoms with E-state index in [-0.39, 0.29) is 29.6 Å². The van der Waals surface area contributed by atoms with Crippen LogP contribution in [0.25, 0.3) is 11.1 Å². The van der Waals surface area contributed by atoms with Crippen LogP contribution in [0.4, 0.5) is 4.39 Å². The quantitative estimate of drug-likeness (QED) is 0.686. The van der Waals surface area contributed by atoms with E-state index in [0.717, 1.165) is 27.8 Å². The van der Waals surface area contributed by atoms with Crippen molar-refractivity contribution in [1.29, 1.82) is 0 Å². The summed E-state index contributed by atoms with van der Waals surface area (Å²) in [6, 6.07) is 22.3. The number of benzene rings is 3. The van der Waals surface area contributed by atoms with Crippen LogP contribution < -0.4 is 5.32 Å². The molecule has 1 fully saturated rings. The third-order valence-electron chi connectivity index (χ3n) is 6.25. The van der Waals surface area contributed by atoms with Crippen LogP contribution in [0.3, 0.4) is 0 Å². The van der Waals surface area contributed by atoms with Gasteiger partial charge in [-0.15, -0.1) is 0 Å². The molecule has 1 heterocycles. The molecular formula is C26H23FN2O2. The van der Waals surface area contributed by atoms with Gasteiger partial charge in [0.2, 0.25) is 11.8 Å². The summed E-state index contributed by atoms with van der Waals surface area (Å²) in [6.07, 6.45) is 0.853. The number of piperidine rings is 1. The molecule has 1 saturated heterocycles. The molecular weight excluding hydrogens is 391 g/mol. The molecule has 1 aliphatic heterocycles. The number of carbonyl (C=O) groups excluding carboxylic acids is 2. The van der Waals surface area contributed by atoms with Crippen molar-refractivity contribution in [3.8, 4) is 11.1 Å². The first-order chi connectivity index (χ1) is 15.1. The molecule has 2 aliphatic rings. The van der Waals surface area contributed by atoms with E-state index in [1.807, 2.05) is 24.3 Å². The standard InChI is InChI=1S/C26H23FN2O2/c27-19-7-5-6-17(14-19)15-29-16-18(12-13-24(29)30)26(31)28-25-22-10-3-1-8-20(22)21-9-2-4-11-23(21)25/h1-11,14,18,25H,12-13,15-16H2,(H,28,31). The fourth-order valence-electron chi connectivity index (χ4n) is 4.71. The molecule has 0 aromatic heterocycles. The number of rotatable bonds is 4. The van der Waals surface area contributed by atoms with Crippen molar-refractivity contribution in [3.63, 3.8) is 0 Å². The minimum atomic E-state index is -0.324. The van der Waals surface area contributed by atoms with Gasteiger partial charge >= 0.3 is 0 Å². The average molecular weight is 414 g/mol. The van der Waals surface area contributed by atoms with Crippen molar-refractivity contribution in [1.82, 2.24) is 10.2 Å². The lowest BCUT2D eigenvalue weighted by Gasteiger charge is -2.32. The molecule has 3 aromatic carbocycles. The highest BCUT2D eigenvalue weighted by atomic mass is 19.1. The van der Waals surface area contributed by atoms with Gasteiger partial charge in [-0.25, -0.2) is 4.39 Å². The second-order valence-corrected chi connectivity index (χ2v) is 8.26. The van der Waals surface area contributed by atoms with Crippen molar-refractivity contribution < 1.29 is 14.0 Å². The zero-order valence-electron chi connectivity index (χ0n) is 17.1. The third-order valence-corrected chi connectivity index (χ3v) is 6.25. The first kappa shape index (κ1) is 19.5. The molecule has 0 radical (unpaired) electrons. The van der Waals surface area contributed by atoms with Gasteiger partial charge in [-0.05, 0) is 46.4 Å². The van der Waals surface area contributed by atoms with E-state index in [1.165, 1.54) is 12.1 Å². The third kappa shape index (κ3) is 3.72. The van der Waals surface area contributed by atoms with E-state index in [0.29, 0.717) is 25.9 Å². The molecule has 1 aliphatic carbocycles. The highest BCUT2D eigenvalue weighted by Gasteiger charge is 2.34. The van der Waals surface area contributed by atoms with Gasteiger partial charge in [0.25, 0.3) is 0 Å². The Bertz CT molecular complexity index is 1110. The number of hydrogen-bond donors (Lipinski definition) is 1. The molecule has 1 atom stereocenters. The summed E-state index contributed by atoms with van der Waals surface area (Å²) in [6.45, 7) is 0.659. The lowest BCUT2D eigenvalue weighted by atomic mass is 9.95. The predicted octanol–water partition coefficient (Wildman–Crippen LogP) is 4.45. The van der Waals surface area contributed by atoms with E-state index in [4.69, 9.17) is 0 Å². The number of carbonyl (C=O) groups is 2. The largest absolute Gasteiger partial charge is 0.345 e. The zero-order chi connectivity index (χ0) is 21.4. The summed E-state index contributed by atoms with van der Waals surface area (Å²) in [5.41, 5.74) is 5.22. The lowest BCUT2D eigenvalue weighted by molar-refractivity contribution is -0.139. The normalized spacial score (nSPS) is 17.9. The number of nitrogens with one attached hydrogen (secondary N) is 1. The summed E-state index contributed by atoms with van der Waals surface area (Å²) in [5.74, 6) is -0.654. The highest BCUT2D eigenvalue weighted by molar-refractivity contribution is 5.86. The average Bonchev–Trinajstić information content (AvgIpc) is 3.09. The highest BCUT2D eigenvalue weighted by Crippen LogP contribution is 2.43.